The average molecular weight is 356 g/mol. The molecule has 1 amide bonds. The van der Waals surface area contributed by atoms with Gasteiger partial charge in [-0.1, -0.05) is 17.7 Å². The summed E-state index contributed by atoms with van der Waals surface area (Å²) in [5.74, 6) is -0.977. The van der Waals surface area contributed by atoms with Crippen molar-refractivity contribution < 1.29 is 14.7 Å². The first kappa shape index (κ1) is 17.4. The van der Waals surface area contributed by atoms with E-state index in [4.69, 9.17) is 0 Å². The molecule has 5 heteroatoms. The van der Waals surface area contributed by atoms with Gasteiger partial charge in [0.25, 0.3) is 0 Å². The molecule has 5 nitrogen and oxygen atoms in total. The predicted octanol–water partition coefficient (Wildman–Crippen LogP) is 2.78. The number of benzene rings is 1. The Labute approximate surface area is 155 Å². The Morgan fingerprint density at radius 2 is 1.69 bits per heavy atom. The van der Waals surface area contributed by atoms with E-state index in [1.165, 1.54) is 11.3 Å². The number of amides is 1. The molecule has 0 aromatic heterocycles. The molecule has 2 aliphatic carbocycles. The van der Waals surface area contributed by atoms with Crippen LogP contribution in [0, 0.1) is 30.6 Å². The molecule has 2 bridgehead atoms. The Kier molecular flexibility index (Phi) is 4.41. The van der Waals surface area contributed by atoms with E-state index in [1.54, 1.807) is 0 Å². The Morgan fingerprint density at radius 3 is 2.31 bits per heavy atom. The molecule has 26 heavy (non-hydrogen) atoms. The highest BCUT2D eigenvalue weighted by molar-refractivity contribution is 5.86. The standard InChI is InChI=1S/C21H28N2O3/c1-13-3-7-17(8-4-13)23-10-9-22(12-14(23)2)20(24)18-15-5-6-16(11-15)19(18)21(25)26/h3-4,7-8,14-16,18-19H,5-6,9-12H2,1-2H3,(H,25,26)/t14-,15+,16+,18-,19+/m1/s1. The van der Waals surface area contributed by atoms with Crippen molar-refractivity contribution in [2.75, 3.05) is 24.5 Å². The maximum Gasteiger partial charge on any atom is 0.307 e. The van der Waals surface area contributed by atoms with E-state index in [1.807, 2.05) is 4.90 Å². The Balaban J connectivity index is 1.46. The van der Waals surface area contributed by atoms with E-state index in [9.17, 15) is 14.7 Å². The second-order valence-corrected chi connectivity index (χ2v) is 8.39. The maximum absolute atomic E-state index is 13.2. The molecular weight excluding hydrogens is 328 g/mol. The molecule has 0 unspecified atom stereocenters. The zero-order chi connectivity index (χ0) is 18.4. The minimum atomic E-state index is -0.776. The highest BCUT2D eigenvalue weighted by Crippen LogP contribution is 2.53. The number of carboxylic acid groups (broad SMARTS) is 1. The summed E-state index contributed by atoms with van der Waals surface area (Å²) >= 11 is 0. The molecule has 2 saturated carbocycles. The molecule has 1 saturated heterocycles. The highest BCUT2D eigenvalue weighted by atomic mass is 16.4. The first-order valence-corrected chi connectivity index (χ1v) is 9.80. The molecule has 0 radical (unpaired) electrons. The van der Waals surface area contributed by atoms with Crippen molar-refractivity contribution in [2.24, 2.45) is 23.7 Å². The number of aliphatic carboxylic acids is 1. The molecule has 140 valence electrons. The lowest BCUT2D eigenvalue weighted by molar-refractivity contribution is -0.153. The second kappa shape index (κ2) is 6.60. The van der Waals surface area contributed by atoms with Gasteiger partial charge in [0, 0.05) is 31.4 Å². The van der Waals surface area contributed by atoms with Crippen LogP contribution < -0.4 is 4.90 Å². The molecule has 4 rings (SSSR count). The van der Waals surface area contributed by atoms with Crippen LogP contribution in [-0.4, -0.2) is 47.6 Å². The number of piperazine rings is 1. The number of carboxylic acids is 1. The average Bonchev–Trinajstić information content (AvgIpc) is 3.23. The minimum absolute atomic E-state index is 0.0833. The summed E-state index contributed by atoms with van der Waals surface area (Å²) in [6.45, 7) is 6.38. The summed E-state index contributed by atoms with van der Waals surface area (Å²) in [5, 5.41) is 9.64. The number of anilines is 1. The van der Waals surface area contributed by atoms with Gasteiger partial charge < -0.3 is 14.9 Å². The fourth-order valence-electron chi connectivity index (χ4n) is 5.49. The van der Waals surface area contributed by atoms with Crippen LogP contribution in [0.4, 0.5) is 5.69 Å². The molecule has 1 N–H and O–H groups in total. The van der Waals surface area contributed by atoms with Crippen molar-refractivity contribution in [1.82, 2.24) is 4.90 Å². The van der Waals surface area contributed by atoms with Crippen LogP contribution in [0.3, 0.4) is 0 Å². The molecule has 0 spiro atoms. The van der Waals surface area contributed by atoms with Gasteiger partial charge in [0.15, 0.2) is 0 Å². The monoisotopic (exact) mass is 356 g/mol. The minimum Gasteiger partial charge on any atom is -0.481 e. The number of rotatable bonds is 3. The molecule has 3 aliphatic rings. The Hall–Kier alpha value is -2.04. The third kappa shape index (κ3) is 2.87. The molecule has 5 atom stereocenters. The first-order valence-electron chi connectivity index (χ1n) is 9.80. The molecule has 3 fully saturated rings. The van der Waals surface area contributed by atoms with Crippen molar-refractivity contribution in [3.63, 3.8) is 0 Å². The van der Waals surface area contributed by atoms with Crippen LogP contribution in [0.2, 0.25) is 0 Å². The summed E-state index contributed by atoms with van der Waals surface area (Å²) in [7, 11) is 0. The molecule has 1 aromatic rings. The highest BCUT2D eigenvalue weighted by Gasteiger charge is 2.55. The van der Waals surface area contributed by atoms with Crippen molar-refractivity contribution in [2.45, 2.75) is 39.2 Å². The van der Waals surface area contributed by atoms with Gasteiger partial charge in [-0.05, 0) is 57.1 Å². The summed E-state index contributed by atoms with van der Waals surface area (Å²) in [4.78, 5) is 29.2. The fourth-order valence-corrected chi connectivity index (χ4v) is 5.49. The number of carbonyl (C=O) groups excluding carboxylic acids is 1. The van der Waals surface area contributed by atoms with Gasteiger partial charge in [0.1, 0.15) is 0 Å². The molecule has 1 aromatic carbocycles. The van der Waals surface area contributed by atoms with E-state index in [-0.39, 0.29) is 29.7 Å². The van der Waals surface area contributed by atoms with Gasteiger partial charge in [0.05, 0.1) is 11.8 Å². The van der Waals surface area contributed by atoms with Crippen LogP contribution in [0.25, 0.3) is 0 Å². The van der Waals surface area contributed by atoms with E-state index in [0.29, 0.717) is 13.1 Å². The van der Waals surface area contributed by atoms with Crippen molar-refractivity contribution in [3.05, 3.63) is 29.8 Å². The fraction of sp³-hybridized carbons (Fsp3) is 0.619. The molecule has 1 heterocycles. The van der Waals surface area contributed by atoms with Crippen LogP contribution >= 0.6 is 0 Å². The lowest BCUT2D eigenvalue weighted by atomic mass is 9.78. The van der Waals surface area contributed by atoms with Crippen LogP contribution in [0.15, 0.2) is 24.3 Å². The third-order valence-corrected chi connectivity index (χ3v) is 6.79. The summed E-state index contributed by atoms with van der Waals surface area (Å²) < 4.78 is 0. The zero-order valence-electron chi connectivity index (χ0n) is 15.6. The third-order valence-electron chi connectivity index (χ3n) is 6.79. The number of hydrogen-bond donors (Lipinski definition) is 1. The largest absolute Gasteiger partial charge is 0.481 e. The number of carbonyl (C=O) groups is 2. The van der Waals surface area contributed by atoms with Gasteiger partial charge in [-0.2, -0.15) is 0 Å². The van der Waals surface area contributed by atoms with E-state index in [2.05, 4.69) is 43.0 Å². The molecular formula is C21H28N2O3. The normalized spacial score (nSPS) is 33.5. The summed E-state index contributed by atoms with van der Waals surface area (Å²) in [6.07, 6.45) is 2.92. The van der Waals surface area contributed by atoms with Crippen molar-refractivity contribution >= 4 is 17.6 Å². The summed E-state index contributed by atoms with van der Waals surface area (Å²) in [5.41, 5.74) is 2.43. The Bertz CT molecular complexity index is 702. The van der Waals surface area contributed by atoms with Crippen molar-refractivity contribution in [3.8, 4) is 0 Å². The van der Waals surface area contributed by atoms with Crippen molar-refractivity contribution in [1.29, 1.82) is 0 Å². The van der Waals surface area contributed by atoms with Gasteiger partial charge in [-0.3, -0.25) is 9.59 Å². The van der Waals surface area contributed by atoms with E-state index >= 15 is 0 Å². The quantitative estimate of drug-likeness (QED) is 0.905. The Morgan fingerprint density at radius 1 is 1.04 bits per heavy atom. The van der Waals surface area contributed by atoms with Gasteiger partial charge >= 0.3 is 5.97 Å². The SMILES string of the molecule is Cc1ccc(N2CCN(C(=O)[C@@H]3[C@H]4CC[C@@H](C4)[C@@H]3C(=O)O)C[C@H]2C)cc1. The predicted molar refractivity (Wildman–Crippen MR) is 100 cm³/mol. The zero-order valence-corrected chi connectivity index (χ0v) is 15.6. The van der Waals surface area contributed by atoms with Crippen LogP contribution in [0.1, 0.15) is 31.7 Å². The molecule has 1 aliphatic heterocycles. The number of hydrogen-bond acceptors (Lipinski definition) is 3. The van der Waals surface area contributed by atoms with E-state index < -0.39 is 11.9 Å². The summed E-state index contributed by atoms with van der Waals surface area (Å²) in [6, 6.07) is 8.75. The topological polar surface area (TPSA) is 60.9 Å². The number of aryl methyl sites for hydroxylation is 1. The van der Waals surface area contributed by atoms with Gasteiger partial charge in [-0.25, -0.2) is 0 Å². The number of nitrogens with zero attached hydrogens (tertiary/aromatic N) is 2. The lowest BCUT2D eigenvalue weighted by Gasteiger charge is -2.43. The van der Waals surface area contributed by atoms with Crippen LogP contribution in [0.5, 0.6) is 0 Å². The smallest absolute Gasteiger partial charge is 0.307 e. The van der Waals surface area contributed by atoms with Crippen LogP contribution in [-0.2, 0) is 9.59 Å². The van der Waals surface area contributed by atoms with Gasteiger partial charge in [0.2, 0.25) is 5.91 Å². The van der Waals surface area contributed by atoms with E-state index in [0.717, 1.165) is 25.8 Å². The maximum atomic E-state index is 13.2. The van der Waals surface area contributed by atoms with Gasteiger partial charge in [-0.15, -0.1) is 0 Å². The first-order chi connectivity index (χ1) is 12.5. The number of fused-ring (bicyclic) bond motifs is 2. The lowest BCUT2D eigenvalue weighted by Crippen LogP contribution is -2.56. The second-order valence-electron chi connectivity index (χ2n) is 8.39.